The maximum atomic E-state index is 12.1. The molecule has 3 aromatic rings. The highest BCUT2D eigenvalue weighted by Gasteiger charge is 2.11. The highest BCUT2D eigenvalue weighted by atomic mass is 35.5. The standard InChI is InChI=1S/C18H12ClN3O3/c19-14-3-6-16-13(9-14)10-17(25-16)18(23)22-21-11-12-1-4-15(5-2-12)24-8-7-20/h1-6,9-11H,8H2,(H,22,23)/b21-11+. The Hall–Kier alpha value is -3.30. The lowest BCUT2D eigenvalue weighted by Crippen LogP contribution is -2.16. The van der Waals surface area contributed by atoms with Gasteiger partial charge in [0.1, 0.15) is 17.4 Å². The average Bonchev–Trinajstić information content (AvgIpc) is 3.04. The van der Waals surface area contributed by atoms with E-state index in [4.69, 9.17) is 26.0 Å². The Morgan fingerprint density at radius 3 is 2.84 bits per heavy atom. The van der Waals surface area contributed by atoms with Gasteiger partial charge < -0.3 is 9.15 Å². The molecule has 0 unspecified atom stereocenters. The molecule has 1 N–H and O–H groups in total. The molecule has 0 atom stereocenters. The smallest absolute Gasteiger partial charge is 0.307 e. The fourth-order valence-electron chi connectivity index (χ4n) is 2.11. The number of benzene rings is 2. The van der Waals surface area contributed by atoms with Gasteiger partial charge in [0.05, 0.1) is 6.21 Å². The molecule has 0 bridgehead atoms. The minimum Gasteiger partial charge on any atom is -0.479 e. The Morgan fingerprint density at radius 2 is 2.08 bits per heavy atom. The predicted molar refractivity (Wildman–Crippen MR) is 93.8 cm³/mol. The van der Waals surface area contributed by atoms with Crippen LogP contribution in [0.5, 0.6) is 5.75 Å². The van der Waals surface area contributed by atoms with Crippen LogP contribution in [0.15, 0.2) is 58.0 Å². The summed E-state index contributed by atoms with van der Waals surface area (Å²) in [5.74, 6) is 0.274. The summed E-state index contributed by atoms with van der Waals surface area (Å²) in [6, 6.07) is 15.5. The summed E-state index contributed by atoms with van der Waals surface area (Å²) in [5, 5.41) is 13.7. The Balaban J connectivity index is 1.62. The van der Waals surface area contributed by atoms with Gasteiger partial charge in [-0.3, -0.25) is 4.79 Å². The maximum Gasteiger partial charge on any atom is 0.307 e. The number of fused-ring (bicyclic) bond motifs is 1. The third-order valence-electron chi connectivity index (χ3n) is 3.27. The number of ether oxygens (including phenoxy) is 1. The van der Waals surface area contributed by atoms with Crippen LogP contribution in [0.3, 0.4) is 0 Å². The Labute approximate surface area is 148 Å². The summed E-state index contributed by atoms with van der Waals surface area (Å²) >= 11 is 5.91. The van der Waals surface area contributed by atoms with Crippen molar-refractivity contribution in [1.82, 2.24) is 5.43 Å². The molecule has 25 heavy (non-hydrogen) atoms. The maximum absolute atomic E-state index is 12.1. The van der Waals surface area contributed by atoms with Gasteiger partial charge in [-0.15, -0.1) is 0 Å². The first-order chi connectivity index (χ1) is 12.2. The number of hydrazone groups is 1. The molecule has 2 aromatic carbocycles. The minimum absolute atomic E-state index is 0.00773. The zero-order chi connectivity index (χ0) is 17.6. The lowest BCUT2D eigenvalue weighted by atomic mass is 10.2. The van der Waals surface area contributed by atoms with E-state index in [-0.39, 0.29) is 12.4 Å². The first kappa shape index (κ1) is 16.6. The van der Waals surface area contributed by atoms with Crippen LogP contribution in [-0.4, -0.2) is 18.7 Å². The second kappa shape index (κ2) is 7.51. The number of halogens is 1. The number of carbonyl (C=O) groups is 1. The van der Waals surface area contributed by atoms with Gasteiger partial charge in [-0.05, 0) is 54.1 Å². The molecule has 0 fully saturated rings. The molecule has 0 radical (unpaired) electrons. The van der Waals surface area contributed by atoms with E-state index in [1.807, 2.05) is 6.07 Å². The molecule has 7 heteroatoms. The quantitative estimate of drug-likeness (QED) is 0.559. The van der Waals surface area contributed by atoms with Crippen molar-refractivity contribution in [3.63, 3.8) is 0 Å². The molecule has 1 heterocycles. The van der Waals surface area contributed by atoms with Gasteiger partial charge in [0, 0.05) is 10.4 Å². The van der Waals surface area contributed by atoms with E-state index < -0.39 is 5.91 Å². The van der Waals surface area contributed by atoms with E-state index in [2.05, 4.69) is 10.5 Å². The SMILES string of the molecule is N#CCOc1ccc(/C=N/NC(=O)c2cc3cc(Cl)ccc3o2)cc1. The normalized spacial score (nSPS) is 10.7. The molecular weight excluding hydrogens is 342 g/mol. The predicted octanol–water partition coefficient (Wildman–Crippen LogP) is 3.75. The van der Waals surface area contributed by atoms with Crippen molar-refractivity contribution < 1.29 is 13.9 Å². The monoisotopic (exact) mass is 353 g/mol. The van der Waals surface area contributed by atoms with Gasteiger partial charge in [0.15, 0.2) is 12.4 Å². The molecule has 0 saturated carbocycles. The molecule has 1 aromatic heterocycles. The number of nitriles is 1. The van der Waals surface area contributed by atoms with Gasteiger partial charge in [-0.25, -0.2) is 5.43 Å². The van der Waals surface area contributed by atoms with Crippen molar-refractivity contribution in [2.24, 2.45) is 5.10 Å². The minimum atomic E-state index is -0.461. The average molecular weight is 354 g/mol. The van der Waals surface area contributed by atoms with Crippen LogP contribution < -0.4 is 10.2 Å². The van der Waals surface area contributed by atoms with Crippen LogP contribution in [0, 0.1) is 11.3 Å². The first-order valence-corrected chi connectivity index (χ1v) is 7.66. The zero-order valence-corrected chi connectivity index (χ0v) is 13.7. The second-order valence-corrected chi connectivity index (χ2v) is 5.44. The molecule has 124 valence electrons. The van der Waals surface area contributed by atoms with Crippen LogP contribution in [0.1, 0.15) is 16.1 Å². The third kappa shape index (κ3) is 4.16. The van der Waals surface area contributed by atoms with Crippen molar-refractivity contribution in [1.29, 1.82) is 5.26 Å². The number of rotatable bonds is 5. The van der Waals surface area contributed by atoms with Gasteiger partial charge in [-0.2, -0.15) is 10.4 Å². The van der Waals surface area contributed by atoms with Gasteiger partial charge in [0.2, 0.25) is 0 Å². The number of hydrogen-bond donors (Lipinski definition) is 1. The molecule has 1 amide bonds. The number of furan rings is 1. The molecule has 0 aliphatic carbocycles. The fraction of sp³-hybridized carbons (Fsp3) is 0.0556. The summed E-state index contributed by atoms with van der Waals surface area (Å²) in [6.07, 6.45) is 1.49. The topological polar surface area (TPSA) is 87.6 Å². The lowest BCUT2D eigenvalue weighted by molar-refractivity contribution is 0.0929. The number of carbonyl (C=O) groups excluding carboxylic acids is 1. The number of hydrogen-bond acceptors (Lipinski definition) is 5. The molecule has 6 nitrogen and oxygen atoms in total. The number of amides is 1. The highest BCUT2D eigenvalue weighted by molar-refractivity contribution is 6.31. The Bertz CT molecular complexity index is 971. The van der Waals surface area contributed by atoms with Crippen LogP contribution in [0.4, 0.5) is 0 Å². The highest BCUT2D eigenvalue weighted by Crippen LogP contribution is 2.22. The van der Waals surface area contributed by atoms with Crippen LogP contribution in [0.25, 0.3) is 11.0 Å². The molecule has 0 aliphatic heterocycles. The Kier molecular flexibility index (Phi) is 4.97. The molecule has 3 rings (SSSR count). The number of nitrogens with one attached hydrogen (secondary N) is 1. The lowest BCUT2D eigenvalue weighted by Gasteiger charge is -2.01. The summed E-state index contributed by atoms with van der Waals surface area (Å²) in [4.78, 5) is 12.1. The summed E-state index contributed by atoms with van der Waals surface area (Å²) < 4.78 is 10.6. The number of nitrogens with zero attached hydrogens (tertiary/aromatic N) is 2. The van der Waals surface area contributed by atoms with Gasteiger partial charge in [-0.1, -0.05) is 11.6 Å². The Morgan fingerprint density at radius 1 is 1.28 bits per heavy atom. The van der Waals surface area contributed by atoms with E-state index >= 15 is 0 Å². The second-order valence-electron chi connectivity index (χ2n) is 5.01. The van der Waals surface area contributed by atoms with E-state index in [1.165, 1.54) is 6.21 Å². The van der Waals surface area contributed by atoms with Crippen molar-refractivity contribution in [2.75, 3.05) is 6.61 Å². The van der Waals surface area contributed by atoms with Crippen molar-refractivity contribution in [3.8, 4) is 11.8 Å². The van der Waals surface area contributed by atoms with E-state index in [0.717, 1.165) is 10.9 Å². The van der Waals surface area contributed by atoms with Crippen molar-refractivity contribution >= 4 is 34.7 Å². The van der Waals surface area contributed by atoms with Crippen LogP contribution >= 0.6 is 11.6 Å². The fourth-order valence-corrected chi connectivity index (χ4v) is 2.29. The molecule has 0 spiro atoms. The van der Waals surface area contributed by atoms with Crippen molar-refractivity contribution in [3.05, 3.63) is 64.9 Å². The zero-order valence-electron chi connectivity index (χ0n) is 12.9. The third-order valence-corrected chi connectivity index (χ3v) is 3.50. The van der Waals surface area contributed by atoms with E-state index in [9.17, 15) is 4.79 Å². The molecule has 0 aliphatic rings. The summed E-state index contributed by atoms with van der Waals surface area (Å²) in [6.45, 7) is -0.00773. The molecule has 0 saturated heterocycles. The molecular formula is C18H12ClN3O3. The van der Waals surface area contributed by atoms with Crippen molar-refractivity contribution in [2.45, 2.75) is 0 Å². The summed E-state index contributed by atoms with van der Waals surface area (Å²) in [7, 11) is 0. The van der Waals surface area contributed by atoms with Gasteiger partial charge in [0.25, 0.3) is 0 Å². The van der Waals surface area contributed by atoms with Crippen LogP contribution in [0.2, 0.25) is 5.02 Å². The first-order valence-electron chi connectivity index (χ1n) is 7.28. The van der Waals surface area contributed by atoms with Crippen LogP contribution in [-0.2, 0) is 0 Å². The van der Waals surface area contributed by atoms with Gasteiger partial charge >= 0.3 is 5.91 Å². The largest absolute Gasteiger partial charge is 0.479 e. The summed E-state index contributed by atoms with van der Waals surface area (Å²) in [5.41, 5.74) is 3.74. The van der Waals surface area contributed by atoms with E-state index in [1.54, 1.807) is 48.5 Å². The van der Waals surface area contributed by atoms with E-state index in [0.29, 0.717) is 16.4 Å².